The molecule has 2 aromatic rings. The van der Waals surface area contributed by atoms with E-state index in [1.165, 1.54) is 69.6 Å². The van der Waals surface area contributed by atoms with Crippen LogP contribution in [-0.2, 0) is 14.2 Å². The highest BCUT2D eigenvalue weighted by atomic mass is 33.1. The van der Waals surface area contributed by atoms with Gasteiger partial charge in [0.05, 0.1) is 29.7 Å². The second-order valence-corrected chi connectivity index (χ2v) is 20.9. The zero-order valence-electron chi connectivity index (χ0n) is 33.3. The number of ketones is 1. The number of ether oxygens (including phenoxy) is 4. The van der Waals surface area contributed by atoms with Crippen LogP contribution in [0, 0.1) is 40.9 Å². The van der Waals surface area contributed by atoms with E-state index < -0.39 is 60.1 Å². The van der Waals surface area contributed by atoms with Crippen molar-refractivity contribution < 1.29 is 64.3 Å². The largest absolute Gasteiger partial charge is 0.507 e. The molecular formula is C43H58O13S2. The van der Waals surface area contributed by atoms with Gasteiger partial charge >= 0.3 is 5.97 Å². The lowest BCUT2D eigenvalue weighted by atomic mass is 9.51. The molecule has 0 aromatic heterocycles. The average molecular weight is 847 g/mol. The molecule has 0 amide bonds. The normalized spacial score (nSPS) is 37.5. The van der Waals surface area contributed by atoms with E-state index in [1.807, 2.05) is 0 Å². The number of carbonyl (C=O) groups is 2. The van der Waals surface area contributed by atoms with Gasteiger partial charge < -0.3 is 54.7 Å². The summed E-state index contributed by atoms with van der Waals surface area (Å²) in [5.74, 6) is -1.57. The number of aliphatic hydroxyl groups is 4. The molecule has 58 heavy (non-hydrogen) atoms. The molecule has 10 atom stereocenters. The molecule has 8 rings (SSSR count). The number of Topliss-reactive ketones (excluding diaryl/α,β-unsaturated/α-hetero) is 1. The van der Waals surface area contributed by atoms with Gasteiger partial charge in [-0.15, -0.1) is 0 Å². The highest BCUT2D eigenvalue weighted by Gasteiger charge is 2.62. The second-order valence-electron chi connectivity index (χ2n) is 18.5. The van der Waals surface area contributed by atoms with Crippen molar-refractivity contribution in [2.24, 2.45) is 34.0 Å². The third-order valence-corrected chi connectivity index (χ3v) is 17.5. The number of hydrogen-bond donors (Lipinski definition) is 7. The minimum atomic E-state index is -1.78. The number of carboxylic acids is 1. The third-order valence-electron chi connectivity index (χ3n) is 15.3. The van der Waals surface area contributed by atoms with Gasteiger partial charge in [-0.2, -0.15) is 0 Å². The smallest absolute Gasteiger partial charge is 0.335 e. The van der Waals surface area contributed by atoms with E-state index >= 15 is 0 Å². The molecular weight excluding hydrogens is 789 g/mol. The molecule has 0 radical (unpaired) electrons. The predicted octanol–water partition coefficient (Wildman–Crippen LogP) is 5.94. The van der Waals surface area contributed by atoms with Crippen LogP contribution in [0.2, 0.25) is 0 Å². The van der Waals surface area contributed by atoms with E-state index in [4.69, 9.17) is 18.9 Å². The summed E-state index contributed by atoms with van der Waals surface area (Å²) in [4.78, 5) is 24.8. The summed E-state index contributed by atoms with van der Waals surface area (Å²) in [5.41, 5.74) is -1.66. The molecule has 3 saturated heterocycles. The Balaban J connectivity index is 1.13. The number of rotatable bonds is 7. The van der Waals surface area contributed by atoms with E-state index in [0.717, 1.165) is 30.7 Å². The van der Waals surface area contributed by atoms with E-state index in [-0.39, 0.29) is 74.8 Å². The maximum absolute atomic E-state index is 12.6. The molecule has 7 N–H and O–H groups in total. The van der Waals surface area contributed by atoms with E-state index in [1.54, 1.807) is 10.8 Å². The van der Waals surface area contributed by atoms with E-state index in [9.17, 15) is 45.3 Å². The Morgan fingerprint density at radius 3 is 2.41 bits per heavy atom. The minimum Gasteiger partial charge on any atom is -0.507 e. The summed E-state index contributed by atoms with van der Waals surface area (Å²) < 4.78 is 25.5. The SMILES string of the molecule is CC(=O)c1c(C)c(O)c2cc(C(=O)O)cc(O[C@H]3O[C@H](CO)[C@@]4(CC[C@H]5C[C@@]6(CCC7(CCCC7)C6)C[C@@H]6COC[C@@](CCO)(CSSCO4)[C@@H]56)[C@H](O)[C@H]3O)c2c1O. The van der Waals surface area contributed by atoms with Crippen LogP contribution in [0.5, 0.6) is 17.2 Å². The average Bonchev–Trinajstić information content (AvgIpc) is 3.79. The zero-order chi connectivity index (χ0) is 41.2. The van der Waals surface area contributed by atoms with Crippen LogP contribution in [0.3, 0.4) is 0 Å². The standard InChI is InChI=1S/C43H58O13S2/c1-23-31(24(2)46)35(48)32-28(34(23)47)13-26(38(51)52)14-29(32)55-39-36(49)37(50)43(30(17-45)56-39)8-5-25-15-41(10-9-40(19-41)6-3-4-7-40)16-27-18-53-20-42(11-12-44,33(25)27)21-57-58-22-54-43/h13-14,25,27,30,33,36-37,39,44-45,47-50H,3-12,15-22H2,1-2H3,(H,51,52)/t25-,27+,30+,33-,36+,37+,39-,41-,42-,43-/m0/s1. The van der Waals surface area contributed by atoms with Crippen molar-refractivity contribution in [3.8, 4) is 17.2 Å². The number of aromatic carboxylic acids is 1. The molecule has 3 aliphatic carbocycles. The van der Waals surface area contributed by atoms with Gasteiger partial charge in [-0.1, -0.05) is 34.4 Å². The Morgan fingerprint density at radius 2 is 1.71 bits per heavy atom. The molecule has 3 heterocycles. The van der Waals surface area contributed by atoms with Gasteiger partial charge in [-0.25, -0.2) is 4.79 Å². The quantitative estimate of drug-likeness (QED) is 0.0977. The Bertz CT molecular complexity index is 1900. The highest BCUT2D eigenvalue weighted by molar-refractivity contribution is 8.76. The first-order valence-electron chi connectivity index (χ1n) is 20.8. The van der Waals surface area contributed by atoms with Crippen LogP contribution in [0.1, 0.15) is 110 Å². The molecule has 6 fully saturated rings. The number of aliphatic hydroxyl groups excluding tert-OH is 4. The Hall–Kier alpha value is -2.34. The van der Waals surface area contributed by atoms with Gasteiger partial charge in [-0.3, -0.25) is 4.79 Å². The number of phenolic OH excluding ortho intramolecular Hbond substituents is 2. The number of carbonyl (C=O) groups excluding carboxylic acids is 1. The summed E-state index contributed by atoms with van der Waals surface area (Å²) in [6.45, 7) is 3.35. The van der Waals surface area contributed by atoms with Crippen LogP contribution >= 0.6 is 21.6 Å². The first kappa shape index (κ1) is 42.4. The molecule has 3 aliphatic heterocycles. The fourth-order valence-electron chi connectivity index (χ4n) is 12.9. The molecule has 6 aliphatic rings. The van der Waals surface area contributed by atoms with Crippen molar-refractivity contribution in [2.75, 3.05) is 38.1 Å². The highest BCUT2D eigenvalue weighted by Crippen LogP contribution is 2.67. The number of benzene rings is 2. The topological polar surface area (TPSA) is 213 Å². The van der Waals surface area contributed by atoms with Crippen LogP contribution in [0.15, 0.2) is 12.1 Å². The summed E-state index contributed by atoms with van der Waals surface area (Å²) in [6, 6.07) is 2.23. The van der Waals surface area contributed by atoms with E-state index in [0.29, 0.717) is 37.4 Å². The van der Waals surface area contributed by atoms with Gasteiger partial charge in [0.2, 0.25) is 6.29 Å². The Labute approximate surface area is 346 Å². The summed E-state index contributed by atoms with van der Waals surface area (Å²) in [7, 11) is 3.11. The van der Waals surface area contributed by atoms with Gasteiger partial charge in [0.25, 0.3) is 0 Å². The lowest BCUT2D eigenvalue weighted by molar-refractivity contribution is -0.323. The van der Waals surface area contributed by atoms with Gasteiger partial charge in [-0.05, 0) is 119 Å². The molecule has 3 saturated carbocycles. The third kappa shape index (κ3) is 7.11. The molecule has 0 bridgehead atoms. The van der Waals surface area contributed by atoms with E-state index in [2.05, 4.69) is 0 Å². The van der Waals surface area contributed by atoms with Gasteiger partial charge in [0, 0.05) is 35.3 Å². The first-order chi connectivity index (χ1) is 27.7. The van der Waals surface area contributed by atoms with Gasteiger partial charge in [0.15, 0.2) is 5.78 Å². The first-order valence-corrected chi connectivity index (χ1v) is 23.3. The maximum atomic E-state index is 12.6. The summed E-state index contributed by atoms with van der Waals surface area (Å²) >= 11 is 0. The van der Waals surface area contributed by atoms with Crippen molar-refractivity contribution in [1.82, 2.24) is 0 Å². The van der Waals surface area contributed by atoms with Crippen molar-refractivity contribution in [3.63, 3.8) is 0 Å². The fraction of sp³-hybridized carbons (Fsp3) is 0.721. The maximum Gasteiger partial charge on any atom is 0.335 e. The minimum absolute atomic E-state index is 0.0492. The number of fused-ring (bicyclic) bond motifs is 1. The van der Waals surface area contributed by atoms with Crippen LogP contribution < -0.4 is 4.74 Å². The van der Waals surface area contributed by atoms with Crippen molar-refractivity contribution >= 4 is 44.1 Å². The van der Waals surface area contributed by atoms with Crippen molar-refractivity contribution in [3.05, 3.63) is 28.8 Å². The summed E-state index contributed by atoms with van der Waals surface area (Å²) in [5, 5.41) is 77.7. The molecule has 320 valence electrons. The Kier molecular flexibility index (Phi) is 11.8. The molecule has 3 spiro atoms. The predicted molar refractivity (Wildman–Crippen MR) is 217 cm³/mol. The molecule has 15 heteroatoms. The molecule has 0 unspecified atom stereocenters. The number of hydrogen-bond acceptors (Lipinski definition) is 14. The zero-order valence-corrected chi connectivity index (χ0v) is 35.0. The van der Waals surface area contributed by atoms with Crippen LogP contribution in [-0.4, -0.2) is 116 Å². The lowest BCUT2D eigenvalue weighted by Crippen LogP contribution is -2.69. The van der Waals surface area contributed by atoms with Crippen LogP contribution in [0.25, 0.3) is 10.8 Å². The Morgan fingerprint density at radius 1 is 0.966 bits per heavy atom. The number of aromatic hydroxyl groups is 2. The lowest BCUT2D eigenvalue weighted by Gasteiger charge is -2.58. The number of phenols is 2. The van der Waals surface area contributed by atoms with Crippen molar-refractivity contribution in [2.45, 2.75) is 121 Å². The van der Waals surface area contributed by atoms with Gasteiger partial charge in [0.1, 0.15) is 47.1 Å². The van der Waals surface area contributed by atoms with Crippen molar-refractivity contribution in [1.29, 1.82) is 0 Å². The second kappa shape index (κ2) is 16.2. The molecule has 2 aromatic carbocycles. The monoisotopic (exact) mass is 846 g/mol. The van der Waals surface area contributed by atoms with Crippen LogP contribution in [0.4, 0.5) is 0 Å². The number of carboxylic acid groups (broad SMARTS) is 1. The summed E-state index contributed by atoms with van der Waals surface area (Å²) in [6.07, 6.45) is 6.18. The fourth-order valence-corrected chi connectivity index (χ4v) is 15.3. The molecule has 13 nitrogen and oxygen atoms in total.